The number of hydrogen-bond acceptors (Lipinski definition) is 7. The Morgan fingerprint density at radius 1 is 0.903 bits per heavy atom. The topological polar surface area (TPSA) is 83.4 Å². The monoisotopic (exact) mass is 419 g/mol. The molecule has 0 amide bonds. The molecule has 0 bridgehead atoms. The Hall–Kier alpha value is -4.13. The van der Waals surface area contributed by atoms with Crippen molar-refractivity contribution in [3.63, 3.8) is 0 Å². The van der Waals surface area contributed by atoms with Crippen molar-refractivity contribution in [2.75, 3.05) is 13.7 Å². The van der Waals surface area contributed by atoms with E-state index >= 15 is 0 Å². The van der Waals surface area contributed by atoms with E-state index in [-0.39, 0.29) is 11.7 Å². The summed E-state index contributed by atoms with van der Waals surface area (Å²) < 4.78 is 20.6. The maximum absolute atomic E-state index is 12.0. The van der Waals surface area contributed by atoms with Crippen LogP contribution in [0.25, 0.3) is 0 Å². The fraction of sp³-hybridized carbons (Fsp3) is 0.125. The quantitative estimate of drug-likeness (QED) is 0.297. The summed E-state index contributed by atoms with van der Waals surface area (Å²) in [4.78, 5) is 28.1. The van der Waals surface area contributed by atoms with Crippen LogP contribution in [0.2, 0.25) is 0 Å². The highest BCUT2D eigenvalue weighted by Gasteiger charge is 2.12. The Kier molecular flexibility index (Phi) is 7.37. The summed E-state index contributed by atoms with van der Waals surface area (Å²) in [5, 5.41) is 0. The molecule has 7 heteroatoms. The summed E-state index contributed by atoms with van der Waals surface area (Å²) >= 11 is 0. The molecule has 0 aliphatic carbocycles. The number of para-hydroxylation sites is 1. The van der Waals surface area contributed by atoms with Crippen LogP contribution in [0.4, 0.5) is 10.5 Å². The highest BCUT2D eigenvalue weighted by atomic mass is 16.7. The highest BCUT2D eigenvalue weighted by molar-refractivity contribution is 5.90. The zero-order chi connectivity index (χ0) is 22.1. The first-order valence-electron chi connectivity index (χ1n) is 9.53. The van der Waals surface area contributed by atoms with Crippen molar-refractivity contribution in [1.82, 2.24) is 0 Å². The van der Waals surface area contributed by atoms with E-state index < -0.39 is 6.16 Å². The van der Waals surface area contributed by atoms with Crippen LogP contribution in [0.5, 0.6) is 17.2 Å². The number of methoxy groups -OCH3 is 1. The molecule has 0 unspecified atom stereocenters. The van der Waals surface area contributed by atoms with Gasteiger partial charge in [-0.15, -0.1) is 0 Å². The molecule has 0 saturated carbocycles. The van der Waals surface area contributed by atoms with Gasteiger partial charge in [-0.05, 0) is 67.1 Å². The van der Waals surface area contributed by atoms with Crippen LogP contribution in [-0.2, 0) is 4.74 Å². The van der Waals surface area contributed by atoms with Crippen molar-refractivity contribution in [3.05, 3.63) is 83.9 Å². The molecule has 0 aliphatic heterocycles. The molecule has 0 atom stereocenters. The van der Waals surface area contributed by atoms with Gasteiger partial charge in [-0.2, -0.15) is 0 Å². The van der Waals surface area contributed by atoms with Gasteiger partial charge in [0.15, 0.2) is 11.5 Å². The molecule has 7 nitrogen and oxygen atoms in total. The SMILES string of the molecule is CCOC(=O)c1ccc(N=Cc2ccc(OC(=O)Oc3ccccc3)c(OC)c2)cc1. The average molecular weight is 419 g/mol. The Morgan fingerprint density at radius 2 is 1.65 bits per heavy atom. The second kappa shape index (κ2) is 10.6. The van der Waals surface area contributed by atoms with Gasteiger partial charge in [0.05, 0.1) is 25.0 Å². The Labute approximate surface area is 179 Å². The second-order valence-electron chi connectivity index (χ2n) is 6.20. The van der Waals surface area contributed by atoms with Gasteiger partial charge in [-0.3, -0.25) is 4.99 Å². The molecule has 0 spiro atoms. The summed E-state index contributed by atoms with van der Waals surface area (Å²) in [6.45, 7) is 2.08. The number of aliphatic imine (C=N–C) groups is 1. The van der Waals surface area contributed by atoms with Gasteiger partial charge in [0.1, 0.15) is 5.75 Å². The van der Waals surface area contributed by atoms with Crippen LogP contribution < -0.4 is 14.2 Å². The Bertz CT molecular complexity index is 1060. The second-order valence-corrected chi connectivity index (χ2v) is 6.20. The summed E-state index contributed by atoms with van der Waals surface area (Å²) in [5.74, 6) is 0.583. The van der Waals surface area contributed by atoms with Gasteiger partial charge < -0.3 is 18.9 Å². The normalized spacial score (nSPS) is 10.5. The van der Waals surface area contributed by atoms with E-state index in [0.29, 0.717) is 29.4 Å². The lowest BCUT2D eigenvalue weighted by molar-refractivity contribution is 0.0526. The maximum atomic E-state index is 12.0. The van der Waals surface area contributed by atoms with Gasteiger partial charge in [-0.1, -0.05) is 18.2 Å². The molecule has 3 aromatic rings. The molecule has 0 heterocycles. The molecule has 0 aromatic heterocycles. The van der Waals surface area contributed by atoms with E-state index in [9.17, 15) is 9.59 Å². The summed E-state index contributed by atoms with van der Waals surface area (Å²) in [5.41, 5.74) is 1.86. The van der Waals surface area contributed by atoms with E-state index in [2.05, 4.69) is 4.99 Å². The minimum Gasteiger partial charge on any atom is -0.493 e. The van der Waals surface area contributed by atoms with Crippen molar-refractivity contribution in [2.45, 2.75) is 6.92 Å². The van der Waals surface area contributed by atoms with Gasteiger partial charge in [0.2, 0.25) is 0 Å². The number of rotatable bonds is 7. The number of benzene rings is 3. The van der Waals surface area contributed by atoms with Crippen molar-refractivity contribution >= 4 is 24.0 Å². The number of nitrogens with zero attached hydrogens (tertiary/aromatic N) is 1. The van der Waals surface area contributed by atoms with Crippen molar-refractivity contribution in [1.29, 1.82) is 0 Å². The van der Waals surface area contributed by atoms with Crippen molar-refractivity contribution in [2.24, 2.45) is 4.99 Å². The van der Waals surface area contributed by atoms with E-state index in [4.69, 9.17) is 18.9 Å². The molecule has 0 saturated heterocycles. The number of carbonyl (C=O) groups excluding carboxylic acids is 2. The lowest BCUT2D eigenvalue weighted by Gasteiger charge is -2.10. The van der Waals surface area contributed by atoms with E-state index in [1.807, 2.05) is 6.07 Å². The van der Waals surface area contributed by atoms with Crippen LogP contribution in [0.1, 0.15) is 22.8 Å². The third-order valence-corrected chi connectivity index (χ3v) is 4.07. The fourth-order valence-electron chi connectivity index (χ4n) is 2.59. The minimum absolute atomic E-state index is 0.222. The molecule has 3 rings (SSSR count). The molecule has 3 aromatic carbocycles. The summed E-state index contributed by atoms with van der Waals surface area (Å²) in [7, 11) is 1.47. The number of esters is 1. The van der Waals surface area contributed by atoms with Crippen LogP contribution in [0.15, 0.2) is 77.8 Å². The number of ether oxygens (including phenoxy) is 4. The first-order valence-corrected chi connectivity index (χ1v) is 9.53. The zero-order valence-corrected chi connectivity index (χ0v) is 17.1. The molecule has 0 fully saturated rings. The standard InChI is InChI=1S/C24H21NO6/c1-3-29-23(26)18-10-12-19(13-11-18)25-16-17-9-14-21(22(15-17)28-2)31-24(27)30-20-7-5-4-6-8-20/h4-16H,3H2,1-2H3. The highest BCUT2D eigenvalue weighted by Crippen LogP contribution is 2.28. The smallest absolute Gasteiger partial charge is 0.493 e. The number of carbonyl (C=O) groups is 2. The van der Waals surface area contributed by atoms with E-state index in [1.165, 1.54) is 7.11 Å². The summed E-state index contributed by atoms with van der Waals surface area (Å²) in [6, 6.07) is 20.4. The van der Waals surface area contributed by atoms with E-state index in [0.717, 1.165) is 5.56 Å². The predicted octanol–water partition coefficient (Wildman–Crippen LogP) is 5.20. The van der Waals surface area contributed by atoms with Gasteiger partial charge in [0, 0.05) is 6.21 Å². The van der Waals surface area contributed by atoms with Gasteiger partial charge in [-0.25, -0.2) is 9.59 Å². The van der Waals surface area contributed by atoms with Gasteiger partial charge in [0.25, 0.3) is 0 Å². The molecule has 158 valence electrons. The average Bonchev–Trinajstić information content (AvgIpc) is 2.79. The zero-order valence-electron chi connectivity index (χ0n) is 17.1. The van der Waals surface area contributed by atoms with Crippen LogP contribution in [-0.4, -0.2) is 32.1 Å². The first kappa shape index (κ1) is 21.6. The van der Waals surface area contributed by atoms with Crippen LogP contribution in [0, 0.1) is 0 Å². The van der Waals surface area contributed by atoms with Crippen LogP contribution in [0.3, 0.4) is 0 Å². The Morgan fingerprint density at radius 3 is 2.32 bits per heavy atom. The third kappa shape index (κ3) is 6.17. The maximum Gasteiger partial charge on any atom is 0.519 e. The molecule has 0 aliphatic rings. The van der Waals surface area contributed by atoms with Crippen LogP contribution >= 0.6 is 0 Å². The summed E-state index contributed by atoms with van der Waals surface area (Å²) in [6.07, 6.45) is 0.765. The predicted molar refractivity (Wildman–Crippen MR) is 116 cm³/mol. The largest absolute Gasteiger partial charge is 0.519 e. The molecule has 0 N–H and O–H groups in total. The van der Waals surface area contributed by atoms with E-state index in [1.54, 1.807) is 79.9 Å². The van der Waals surface area contributed by atoms with Crippen molar-refractivity contribution < 1.29 is 28.5 Å². The molecule has 31 heavy (non-hydrogen) atoms. The number of hydrogen-bond donors (Lipinski definition) is 0. The molecule has 0 radical (unpaired) electrons. The van der Waals surface area contributed by atoms with Gasteiger partial charge >= 0.3 is 12.1 Å². The lowest BCUT2D eigenvalue weighted by atomic mass is 10.2. The Balaban J connectivity index is 1.66. The fourth-order valence-corrected chi connectivity index (χ4v) is 2.59. The molecular weight excluding hydrogens is 398 g/mol. The third-order valence-electron chi connectivity index (χ3n) is 4.07. The first-order chi connectivity index (χ1) is 15.1. The lowest BCUT2D eigenvalue weighted by Crippen LogP contribution is -2.14. The van der Waals surface area contributed by atoms with Crippen molar-refractivity contribution in [3.8, 4) is 17.2 Å². The molecular formula is C24H21NO6. The minimum atomic E-state index is -0.868.